The van der Waals surface area contributed by atoms with Gasteiger partial charge in [0.05, 0.1) is 11.3 Å². The second-order valence-corrected chi connectivity index (χ2v) is 3.78. The van der Waals surface area contributed by atoms with Gasteiger partial charge in [0.2, 0.25) is 0 Å². The van der Waals surface area contributed by atoms with Gasteiger partial charge in [0.15, 0.2) is 6.29 Å². The number of hydrogen-bond acceptors (Lipinski definition) is 2. The molecular weight excluding hydrogens is 252 g/mol. The van der Waals surface area contributed by atoms with Gasteiger partial charge in [-0.3, -0.25) is 9.59 Å². The summed E-state index contributed by atoms with van der Waals surface area (Å²) in [6.45, 7) is 0. The lowest BCUT2D eigenvalue weighted by Gasteiger charge is -2.07. The lowest BCUT2D eigenvalue weighted by Crippen LogP contribution is -2.15. The number of anilines is 1. The van der Waals surface area contributed by atoms with E-state index in [1.165, 1.54) is 12.1 Å². The molecule has 0 heterocycles. The number of halogens is 2. The van der Waals surface area contributed by atoms with Crippen molar-refractivity contribution in [2.45, 2.75) is 0 Å². The van der Waals surface area contributed by atoms with E-state index in [-0.39, 0.29) is 16.8 Å². The Labute approximate surface area is 107 Å². The largest absolute Gasteiger partial charge is 0.319 e. The Kier molecular flexibility index (Phi) is 3.66. The zero-order chi connectivity index (χ0) is 13.8. The van der Waals surface area contributed by atoms with Crippen LogP contribution in [0.15, 0.2) is 42.5 Å². The Bertz CT molecular complexity index is 641. The van der Waals surface area contributed by atoms with E-state index in [4.69, 9.17) is 0 Å². The SMILES string of the molecule is O=Cc1ccccc1C(=O)Nc1ccc(F)cc1F. The first kappa shape index (κ1) is 12.9. The van der Waals surface area contributed by atoms with E-state index in [9.17, 15) is 18.4 Å². The summed E-state index contributed by atoms with van der Waals surface area (Å²) in [5.74, 6) is -2.24. The van der Waals surface area contributed by atoms with Crippen LogP contribution in [0.25, 0.3) is 0 Å². The Morgan fingerprint density at radius 3 is 2.53 bits per heavy atom. The predicted octanol–water partition coefficient (Wildman–Crippen LogP) is 3.03. The minimum absolute atomic E-state index is 0.126. The van der Waals surface area contributed by atoms with E-state index in [0.717, 1.165) is 12.1 Å². The molecular formula is C14H9F2NO2. The predicted molar refractivity (Wildman–Crippen MR) is 66.1 cm³/mol. The monoisotopic (exact) mass is 261 g/mol. The minimum atomic E-state index is -0.878. The lowest BCUT2D eigenvalue weighted by atomic mass is 10.1. The Morgan fingerprint density at radius 1 is 1.11 bits per heavy atom. The molecule has 2 rings (SSSR count). The molecule has 0 spiro atoms. The molecule has 0 bridgehead atoms. The maximum absolute atomic E-state index is 13.4. The molecule has 19 heavy (non-hydrogen) atoms. The molecule has 1 amide bonds. The summed E-state index contributed by atoms with van der Waals surface area (Å²) in [6, 6.07) is 8.93. The van der Waals surface area contributed by atoms with Crippen LogP contribution < -0.4 is 5.32 Å². The molecule has 0 saturated carbocycles. The van der Waals surface area contributed by atoms with Crippen LogP contribution in [0, 0.1) is 11.6 Å². The summed E-state index contributed by atoms with van der Waals surface area (Å²) in [7, 11) is 0. The van der Waals surface area contributed by atoms with Crippen molar-refractivity contribution < 1.29 is 18.4 Å². The van der Waals surface area contributed by atoms with E-state index in [0.29, 0.717) is 12.4 Å². The van der Waals surface area contributed by atoms with Crippen molar-refractivity contribution in [2.24, 2.45) is 0 Å². The van der Waals surface area contributed by atoms with Crippen molar-refractivity contribution in [1.29, 1.82) is 0 Å². The summed E-state index contributed by atoms with van der Waals surface area (Å²) in [5, 5.41) is 2.29. The first-order valence-electron chi connectivity index (χ1n) is 5.42. The number of aldehydes is 1. The fraction of sp³-hybridized carbons (Fsp3) is 0. The van der Waals surface area contributed by atoms with Crippen LogP contribution in [0.3, 0.4) is 0 Å². The van der Waals surface area contributed by atoms with E-state index in [1.807, 2.05) is 0 Å². The number of nitrogens with one attached hydrogen (secondary N) is 1. The molecule has 0 aliphatic rings. The van der Waals surface area contributed by atoms with Crippen molar-refractivity contribution in [1.82, 2.24) is 0 Å². The van der Waals surface area contributed by atoms with E-state index in [1.54, 1.807) is 12.1 Å². The van der Waals surface area contributed by atoms with Gasteiger partial charge in [-0.05, 0) is 18.2 Å². The van der Waals surface area contributed by atoms with Crippen molar-refractivity contribution in [3.05, 3.63) is 65.2 Å². The normalized spacial score (nSPS) is 10.0. The molecule has 1 N–H and O–H groups in total. The van der Waals surface area contributed by atoms with E-state index < -0.39 is 17.5 Å². The topological polar surface area (TPSA) is 46.2 Å². The first-order valence-corrected chi connectivity index (χ1v) is 5.42. The fourth-order valence-corrected chi connectivity index (χ4v) is 1.59. The highest BCUT2D eigenvalue weighted by atomic mass is 19.1. The zero-order valence-corrected chi connectivity index (χ0v) is 9.69. The zero-order valence-electron chi connectivity index (χ0n) is 9.69. The van der Waals surface area contributed by atoms with Crippen molar-refractivity contribution in [2.75, 3.05) is 5.32 Å². The third-order valence-electron chi connectivity index (χ3n) is 2.51. The molecule has 0 radical (unpaired) electrons. The van der Waals surface area contributed by atoms with Crippen LogP contribution >= 0.6 is 0 Å². The molecule has 0 aliphatic carbocycles. The molecule has 2 aromatic carbocycles. The number of carbonyl (C=O) groups excluding carboxylic acids is 2. The van der Waals surface area contributed by atoms with Gasteiger partial charge in [0.1, 0.15) is 11.6 Å². The van der Waals surface area contributed by atoms with Gasteiger partial charge in [-0.25, -0.2) is 8.78 Å². The summed E-state index contributed by atoms with van der Waals surface area (Å²) in [6.07, 6.45) is 0.538. The van der Waals surface area contributed by atoms with Crippen LogP contribution in [-0.4, -0.2) is 12.2 Å². The van der Waals surface area contributed by atoms with Gasteiger partial charge >= 0.3 is 0 Å². The molecule has 0 fully saturated rings. The molecule has 0 aliphatic heterocycles. The van der Waals surface area contributed by atoms with E-state index in [2.05, 4.69) is 5.32 Å². The van der Waals surface area contributed by atoms with Crippen molar-refractivity contribution in [3.8, 4) is 0 Å². The smallest absolute Gasteiger partial charge is 0.256 e. The molecule has 0 aromatic heterocycles. The average Bonchev–Trinajstić information content (AvgIpc) is 2.41. The van der Waals surface area contributed by atoms with Crippen LogP contribution in [-0.2, 0) is 0 Å². The van der Waals surface area contributed by atoms with E-state index >= 15 is 0 Å². The van der Waals surface area contributed by atoms with Crippen LogP contribution in [0.2, 0.25) is 0 Å². The molecule has 2 aromatic rings. The lowest BCUT2D eigenvalue weighted by molar-refractivity contribution is 0.101. The number of hydrogen-bond donors (Lipinski definition) is 1. The molecule has 0 saturated heterocycles. The van der Waals surface area contributed by atoms with Gasteiger partial charge in [-0.15, -0.1) is 0 Å². The van der Waals surface area contributed by atoms with Gasteiger partial charge < -0.3 is 5.32 Å². The highest BCUT2D eigenvalue weighted by Gasteiger charge is 2.12. The van der Waals surface area contributed by atoms with Crippen molar-refractivity contribution >= 4 is 17.9 Å². The average molecular weight is 261 g/mol. The van der Waals surface area contributed by atoms with Crippen LogP contribution in [0.1, 0.15) is 20.7 Å². The summed E-state index contributed by atoms with van der Waals surface area (Å²) in [4.78, 5) is 22.7. The maximum atomic E-state index is 13.4. The molecule has 96 valence electrons. The number of carbonyl (C=O) groups is 2. The Balaban J connectivity index is 2.28. The van der Waals surface area contributed by atoms with Crippen LogP contribution in [0.4, 0.5) is 14.5 Å². The molecule has 5 heteroatoms. The number of amides is 1. The minimum Gasteiger partial charge on any atom is -0.319 e. The first-order chi connectivity index (χ1) is 9.11. The molecule has 0 atom stereocenters. The van der Waals surface area contributed by atoms with Gasteiger partial charge in [-0.1, -0.05) is 18.2 Å². The van der Waals surface area contributed by atoms with Crippen LogP contribution in [0.5, 0.6) is 0 Å². The van der Waals surface area contributed by atoms with Gasteiger partial charge in [0.25, 0.3) is 5.91 Å². The summed E-state index contributed by atoms with van der Waals surface area (Å²) < 4.78 is 26.1. The number of rotatable bonds is 3. The summed E-state index contributed by atoms with van der Waals surface area (Å²) in [5.41, 5.74) is 0.177. The van der Waals surface area contributed by atoms with Crippen molar-refractivity contribution in [3.63, 3.8) is 0 Å². The second-order valence-electron chi connectivity index (χ2n) is 3.78. The highest BCUT2D eigenvalue weighted by Crippen LogP contribution is 2.17. The third-order valence-corrected chi connectivity index (χ3v) is 2.51. The quantitative estimate of drug-likeness (QED) is 0.863. The Morgan fingerprint density at radius 2 is 1.84 bits per heavy atom. The standard InChI is InChI=1S/C14H9F2NO2/c15-10-5-6-13(12(16)7-10)17-14(19)11-4-2-1-3-9(11)8-18/h1-8H,(H,17,19). The maximum Gasteiger partial charge on any atom is 0.256 e. The highest BCUT2D eigenvalue weighted by molar-refractivity contribution is 6.08. The Hall–Kier alpha value is -2.56. The summed E-state index contributed by atoms with van der Waals surface area (Å²) >= 11 is 0. The van der Waals surface area contributed by atoms with Gasteiger partial charge in [-0.2, -0.15) is 0 Å². The molecule has 3 nitrogen and oxygen atoms in total. The fourth-order valence-electron chi connectivity index (χ4n) is 1.59. The van der Waals surface area contributed by atoms with Gasteiger partial charge in [0, 0.05) is 11.6 Å². The third kappa shape index (κ3) is 2.82. The molecule has 0 unspecified atom stereocenters. The number of benzene rings is 2. The second kappa shape index (κ2) is 5.39.